The van der Waals surface area contributed by atoms with Gasteiger partial charge in [0.1, 0.15) is 12.3 Å². The Hall–Kier alpha value is -1.50. The molecule has 1 aliphatic carbocycles. The highest BCUT2D eigenvalue weighted by atomic mass is 32.2. The maximum Gasteiger partial charge on any atom is 0.327 e. The summed E-state index contributed by atoms with van der Waals surface area (Å²) in [6, 6.07) is 0.707. The van der Waals surface area contributed by atoms with Crippen LogP contribution in [0.3, 0.4) is 0 Å². The summed E-state index contributed by atoms with van der Waals surface area (Å²) in [7, 11) is 0. The molecule has 1 aromatic heterocycles. The Balaban J connectivity index is 1.88. The molecule has 6 nitrogen and oxygen atoms in total. The number of carboxylic acid groups (broad SMARTS) is 1. The monoisotopic (exact) mass is 268 g/mol. The maximum atomic E-state index is 12.3. The van der Waals surface area contributed by atoms with Crippen molar-refractivity contribution >= 4 is 23.6 Å². The maximum absolute atomic E-state index is 12.3. The molecule has 1 N–H and O–H groups in total. The minimum absolute atomic E-state index is 0.0321. The third kappa shape index (κ3) is 1.88. The van der Waals surface area contributed by atoms with Crippen molar-refractivity contribution < 1.29 is 19.2 Å². The number of carboxylic acids is 1. The number of carbonyl (C=O) groups is 2. The normalized spacial score (nSPS) is 27.4. The van der Waals surface area contributed by atoms with Crippen LogP contribution in [0.15, 0.2) is 16.9 Å². The zero-order chi connectivity index (χ0) is 12.7. The first-order valence-electron chi connectivity index (χ1n) is 5.76. The van der Waals surface area contributed by atoms with Crippen LogP contribution in [0.25, 0.3) is 0 Å². The van der Waals surface area contributed by atoms with E-state index in [0.717, 1.165) is 12.8 Å². The first kappa shape index (κ1) is 11.6. The molecule has 96 valence electrons. The van der Waals surface area contributed by atoms with Gasteiger partial charge in [0, 0.05) is 11.8 Å². The molecule has 1 amide bonds. The van der Waals surface area contributed by atoms with Crippen LogP contribution in [0.1, 0.15) is 23.3 Å². The van der Waals surface area contributed by atoms with Gasteiger partial charge in [0.25, 0.3) is 5.91 Å². The largest absolute Gasteiger partial charge is 0.480 e. The minimum atomic E-state index is -0.956. The number of hydrogen-bond donors (Lipinski definition) is 1. The van der Waals surface area contributed by atoms with E-state index in [2.05, 4.69) is 9.68 Å². The molecule has 1 saturated carbocycles. The Morgan fingerprint density at radius 1 is 1.50 bits per heavy atom. The van der Waals surface area contributed by atoms with E-state index in [1.165, 1.54) is 17.2 Å². The van der Waals surface area contributed by atoms with Crippen LogP contribution in [0.4, 0.5) is 0 Å². The van der Waals surface area contributed by atoms with E-state index >= 15 is 0 Å². The molecule has 1 aliphatic heterocycles. The number of hydrogen-bond acceptors (Lipinski definition) is 5. The molecule has 7 heteroatoms. The highest BCUT2D eigenvalue weighted by Crippen LogP contribution is 2.45. The summed E-state index contributed by atoms with van der Waals surface area (Å²) in [6.07, 6.45) is 3.44. The van der Waals surface area contributed by atoms with Crippen LogP contribution in [0.2, 0.25) is 0 Å². The second kappa shape index (κ2) is 4.31. The summed E-state index contributed by atoms with van der Waals surface area (Å²) in [5, 5.41) is 12.8. The number of carbonyl (C=O) groups excluding carboxylic acids is 1. The van der Waals surface area contributed by atoms with Crippen molar-refractivity contribution in [2.45, 2.75) is 24.3 Å². The summed E-state index contributed by atoms with van der Waals surface area (Å²) < 4.78 is 4.65. The molecule has 1 aromatic rings. The molecule has 18 heavy (non-hydrogen) atoms. The third-order valence-corrected chi connectivity index (χ3v) is 4.70. The van der Waals surface area contributed by atoms with Crippen LogP contribution in [0.5, 0.6) is 0 Å². The van der Waals surface area contributed by atoms with Gasteiger partial charge >= 0.3 is 5.97 Å². The summed E-state index contributed by atoms with van der Waals surface area (Å²) in [6.45, 7) is 0. The molecule has 1 saturated heterocycles. The lowest BCUT2D eigenvalue weighted by molar-refractivity contribution is -0.141. The van der Waals surface area contributed by atoms with Crippen LogP contribution >= 0.6 is 11.8 Å². The first-order valence-corrected chi connectivity index (χ1v) is 6.81. The molecular formula is C11H12N2O4S. The van der Waals surface area contributed by atoms with E-state index in [0.29, 0.717) is 11.7 Å². The van der Waals surface area contributed by atoms with Crippen molar-refractivity contribution in [3.8, 4) is 0 Å². The quantitative estimate of drug-likeness (QED) is 0.882. The fraction of sp³-hybridized carbons (Fsp3) is 0.545. The Morgan fingerprint density at radius 3 is 2.83 bits per heavy atom. The summed E-state index contributed by atoms with van der Waals surface area (Å²) in [5.41, 5.74) is 0.175. The van der Waals surface area contributed by atoms with E-state index < -0.39 is 12.0 Å². The topological polar surface area (TPSA) is 83.6 Å². The average molecular weight is 268 g/mol. The summed E-state index contributed by atoms with van der Waals surface area (Å²) >= 11 is 1.55. The molecule has 0 radical (unpaired) electrons. The molecule has 2 fully saturated rings. The number of thioether (sulfide) groups is 1. The van der Waals surface area contributed by atoms with Crippen molar-refractivity contribution in [2.75, 3.05) is 5.75 Å². The van der Waals surface area contributed by atoms with Gasteiger partial charge in [0.05, 0.1) is 5.37 Å². The molecule has 2 heterocycles. The molecule has 3 rings (SSSR count). The Labute approximate surface area is 107 Å². The molecule has 2 unspecified atom stereocenters. The first-order chi connectivity index (χ1) is 8.68. The predicted octanol–water partition coefficient (Wildman–Crippen LogP) is 1.05. The second-order valence-electron chi connectivity index (χ2n) is 4.51. The van der Waals surface area contributed by atoms with Gasteiger partial charge in [0.15, 0.2) is 5.69 Å². The van der Waals surface area contributed by atoms with Crippen LogP contribution in [0, 0.1) is 5.92 Å². The number of amides is 1. The number of aliphatic carboxylic acids is 1. The Morgan fingerprint density at radius 2 is 2.28 bits per heavy atom. The lowest BCUT2D eigenvalue weighted by Gasteiger charge is -2.26. The van der Waals surface area contributed by atoms with Gasteiger partial charge in [0.2, 0.25) is 0 Å². The van der Waals surface area contributed by atoms with Crippen molar-refractivity contribution in [2.24, 2.45) is 5.92 Å². The van der Waals surface area contributed by atoms with Crippen molar-refractivity contribution in [3.63, 3.8) is 0 Å². The standard InChI is InChI=1S/C11H12N2O4S/c14-9(7-3-4-17-12-7)13-8(11(15)16)5-18-10(13)6-1-2-6/h3-4,6,8,10H,1-2,5H2,(H,15,16). The van der Waals surface area contributed by atoms with Gasteiger partial charge in [-0.05, 0) is 18.8 Å². The van der Waals surface area contributed by atoms with Crippen molar-refractivity contribution in [1.82, 2.24) is 10.1 Å². The molecule has 0 bridgehead atoms. The number of nitrogens with zero attached hydrogens (tertiary/aromatic N) is 2. The van der Waals surface area contributed by atoms with E-state index in [4.69, 9.17) is 0 Å². The van der Waals surface area contributed by atoms with Gasteiger partial charge in [-0.2, -0.15) is 0 Å². The smallest absolute Gasteiger partial charge is 0.327 e. The van der Waals surface area contributed by atoms with Gasteiger partial charge in [-0.3, -0.25) is 4.79 Å². The minimum Gasteiger partial charge on any atom is -0.480 e. The third-order valence-electron chi connectivity index (χ3n) is 3.24. The van der Waals surface area contributed by atoms with Gasteiger partial charge in [-0.15, -0.1) is 11.8 Å². The van der Waals surface area contributed by atoms with E-state index in [9.17, 15) is 14.7 Å². The van der Waals surface area contributed by atoms with Crippen LogP contribution in [-0.2, 0) is 4.79 Å². The molecule has 0 aromatic carbocycles. The molecule has 2 aliphatic rings. The number of rotatable bonds is 3. The SMILES string of the molecule is O=C(O)C1CSC(C2CC2)N1C(=O)c1ccon1. The highest BCUT2D eigenvalue weighted by molar-refractivity contribution is 8.00. The van der Waals surface area contributed by atoms with Crippen LogP contribution < -0.4 is 0 Å². The van der Waals surface area contributed by atoms with Gasteiger partial charge < -0.3 is 14.5 Å². The second-order valence-corrected chi connectivity index (χ2v) is 5.66. The molecular weight excluding hydrogens is 256 g/mol. The highest BCUT2D eigenvalue weighted by Gasteiger charge is 2.48. The van der Waals surface area contributed by atoms with Crippen molar-refractivity contribution in [1.29, 1.82) is 0 Å². The molecule has 0 spiro atoms. The average Bonchev–Trinajstić information content (AvgIpc) is 2.91. The predicted molar refractivity (Wildman–Crippen MR) is 63.1 cm³/mol. The van der Waals surface area contributed by atoms with Crippen LogP contribution in [-0.4, -0.2) is 44.2 Å². The van der Waals surface area contributed by atoms with E-state index in [1.807, 2.05) is 0 Å². The Kier molecular flexibility index (Phi) is 2.77. The molecule has 2 atom stereocenters. The zero-order valence-corrected chi connectivity index (χ0v) is 10.3. The summed E-state index contributed by atoms with van der Waals surface area (Å²) in [4.78, 5) is 25.0. The van der Waals surface area contributed by atoms with E-state index in [1.54, 1.807) is 11.8 Å². The Bertz CT molecular complexity index is 471. The number of aromatic nitrogens is 1. The summed E-state index contributed by atoms with van der Waals surface area (Å²) in [5.74, 6) is -0.434. The van der Waals surface area contributed by atoms with Gasteiger partial charge in [-0.1, -0.05) is 5.16 Å². The fourth-order valence-electron chi connectivity index (χ4n) is 2.17. The lowest BCUT2D eigenvalue weighted by Crippen LogP contribution is -2.46. The zero-order valence-electron chi connectivity index (χ0n) is 9.48. The van der Waals surface area contributed by atoms with Gasteiger partial charge in [-0.25, -0.2) is 4.79 Å². The van der Waals surface area contributed by atoms with Crippen molar-refractivity contribution in [3.05, 3.63) is 18.0 Å². The fourth-order valence-corrected chi connectivity index (χ4v) is 3.81. The van der Waals surface area contributed by atoms with E-state index in [-0.39, 0.29) is 17.0 Å². The lowest BCUT2D eigenvalue weighted by atomic mass is 10.2.